The van der Waals surface area contributed by atoms with Crippen molar-refractivity contribution in [2.24, 2.45) is 0 Å². The lowest BCUT2D eigenvalue weighted by atomic mass is 10.1. The Labute approximate surface area is 168 Å². The Hall–Kier alpha value is -3.35. The van der Waals surface area contributed by atoms with Gasteiger partial charge in [-0.1, -0.05) is 43.7 Å². The number of unbranched alkanes of at least 4 members (excludes halogenated alkanes) is 1. The molecule has 0 spiro atoms. The molecule has 0 fully saturated rings. The highest BCUT2D eigenvalue weighted by Crippen LogP contribution is 2.30. The van der Waals surface area contributed by atoms with Crippen LogP contribution in [-0.4, -0.2) is 34.9 Å². The van der Waals surface area contributed by atoms with Gasteiger partial charge in [0.25, 0.3) is 11.5 Å². The van der Waals surface area contributed by atoms with E-state index in [9.17, 15) is 9.59 Å². The summed E-state index contributed by atoms with van der Waals surface area (Å²) in [7, 11) is 0. The number of aromatic nitrogens is 2. The lowest BCUT2D eigenvalue weighted by molar-refractivity contribution is 0.0786. The van der Waals surface area contributed by atoms with Crippen molar-refractivity contribution in [3.8, 4) is 11.5 Å². The summed E-state index contributed by atoms with van der Waals surface area (Å²) in [6.45, 7) is 3.15. The van der Waals surface area contributed by atoms with Gasteiger partial charge in [-0.15, -0.1) is 0 Å². The molecule has 2 aromatic carbocycles. The molecule has 0 saturated carbocycles. The quantitative estimate of drug-likeness (QED) is 0.696. The zero-order chi connectivity index (χ0) is 20.2. The van der Waals surface area contributed by atoms with Crippen molar-refractivity contribution in [3.63, 3.8) is 0 Å². The summed E-state index contributed by atoms with van der Waals surface area (Å²) >= 11 is 0. The van der Waals surface area contributed by atoms with E-state index in [2.05, 4.69) is 10.4 Å². The van der Waals surface area contributed by atoms with Crippen LogP contribution < -0.4 is 20.3 Å². The van der Waals surface area contributed by atoms with Crippen LogP contribution in [0.4, 0.5) is 0 Å². The van der Waals surface area contributed by atoms with E-state index in [0.29, 0.717) is 35.4 Å². The second kappa shape index (κ2) is 8.34. The number of ether oxygens (including phenoxy) is 2. The lowest BCUT2D eigenvalue weighted by Gasteiger charge is -2.26. The molecule has 150 valence electrons. The third-order valence-electron chi connectivity index (χ3n) is 4.86. The highest BCUT2D eigenvalue weighted by molar-refractivity contribution is 6.04. The Morgan fingerprint density at radius 1 is 1.14 bits per heavy atom. The Kier molecular flexibility index (Phi) is 5.46. The van der Waals surface area contributed by atoms with Crippen LogP contribution in [0.25, 0.3) is 10.8 Å². The van der Waals surface area contributed by atoms with Gasteiger partial charge in [-0.05, 0) is 24.6 Å². The lowest BCUT2D eigenvalue weighted by Crippen LogP contribution is -2.41. The number of amides is 1. The Bertz CT molecular complexity index is 1090. The Morgan fingerprint density at radius 2 is 1.86 bits per heavy atom. The Balaban J connectivity index is 1.54. The molecular weight excluding hydrogens is 370 g/mol. The van der Waals surface area contributed by atoms with Crippen LogP contribution in [0.1, 0.15) is 30.3 Å². The number of fused-ring (bicyclic) bond motifs is 2. The summed E-state index contributed by atoms with van der Waals surface area (Å²) < 4.78 is 13.0. The zero-order valence-corrected chi connectivity index (χ0v) is 16.3. The van der Waals surface area contributed by atoms with Crippen molar-refractivity contribution in [3.05, 3.63) is 64.6 Å². The van der Waals surface area contributed by atoms with E-state index in [0.717, 1.165) is 12.8 Å². The molecule has 1 unspecified atom stereocenters. The molecule has 29 heavy (non-hydrogen) atoms. The summed E-state index contributed by atoms with van der Waals surface area (Å²) in [5, 5.41) is 8.28. The molecule has 0 radical (unpaired) electrons. The number of nitrogens with zero attached hydrogens (tertiary/aromatic N) is 2. The van der Waals surface area contributed by atoms with Gasteiger partial charge in [-0.25, -0.2) is 4.68 Å². The number of aryl methyl sites for hydroxylation is 1. The minimum atomic E-state index is -0.339. The number of hydrogen-bond acceptors (Lipinski definition) is 5. The van der Waals surface area contributed by atoms with E-state index >= 15 is 0 Å². The minimum absolute atomic E-state index is 0.175. The van der Waals surface area contributed by atoms with Gasteiger partial charge in [0, 0.05) is 11.9 Å². The van der Waals surface area contributed by atoms with Gasteiger partial charge < -0.3 is 14.8 Å². The first-order valence-electron chi connectivity index (χ1n) is 9.84. The second-order valence-corrected chi connectivity index (χ2v) is 6.98. The second-order valence-electron chi connectivity index (χ2n) is 6.98. The summed E-state index contributed by atoms with van der Waals surface area (Å²) in [5.74, 6) is 1.02. The molecule has 3 aromatic rings. The smallest absolute Gasteiger partial charge is 0.274 e. The standard InChI is InChI=1S/C22H23N3O4/c1-2-3-12-25-22(27)17-9-5-4-8-16(17)20(24-25)21(26)23-13-15-14-28-18-10-6-7-11-19(18)29-15/h4-11,15H,2-3,12-14H2,1H3,(H,23,26). The van der Waals surface area contributed by atoms with Crippen molar-refractivity contribution < 1.29 is 14.3 Å². The first-order valence-corrected chi connectivity index (χ1v) is 9.84. The largest absolute Gasteiger partial charge is 0.486 e. The molecule has 1 atom stereocenters. The van der Waals surface area contributed by atoms with Crippen LogP contribution in [0.3, 0.4) is 0 Å². The topological polar surface area (TPSA) is 82.5 Å². The fraction of sp³-hybridized carbons (Fsp3) is 0.318. The van der Waals surface area contributed by atoms with Gasteiger partial charge in [-0.3, -0.25) is 9.59 Å². The predicted molar refractivity (Wildman–Crippen MR) is 110 cm³/mol. The average Bonchev–Trinajstić information content (AvgIpc) is 2.77. The molecule has 7 nitrogen and oxygen atoms in total. The highest BCUT2D eigenvalue weighted by atomic mass is 16.6. The normalized spacial score (nSPS) is 15.3. The molecule has 7 heteroatoms. The molecular formula is C22H23N3O4. The number of nitrogens with one attached hydrogen (secondary N) is 1. The molecule has 0 aliphatic carbocycles. The highest BCUT2D eigenvalue weighted by Gasteiger charge is 2.23. The van der Waals surface area contributed by atoms with Crippen molar-refractivity contribution >= 4 is 16.7 Å². The molecule has 4 rings (SSSR count). The molecule has 1 aliphatic heterocycles. The number of carbonyl (C=O) groups is 1. The molecule has 2 heterocycles. The monoisotopic (exact) mass is 393 g/mol. The van der Waals surface area contributed by atoms with Crippen molar-refractivity contribution in [2.75, 3.05) is 13.2 Å². The van der Waals surface area contributed by atoms with Crippen LogP contribution in [-0.2, 0) is 6.54 Å². The summed E-state index contributed by atoms with van der Waals surface area (Å²) in [4.78, 5) is 25.6. The molecule has 1 N–H and O–H groups in total. The molecule has 0 saturated heterocycles. The molecule has 1 aliphatic rings. The summed E-state index contributed by atoms with van der Waals surface area (Å²) in [6, 6.07) is 14.5. The van der Waals surface area contributed by atoms with Gasteiger partial charge >= 0.3 is 0 Å². The number of para-hydroxylation sites is 2. The van der Waals surface area contributed by atoms with Gasteiger partial charge in [0.15, 0.2) is 17.2 Å². The number of carbonyl (C=O) groups excluding carboxylic acids is 1. The van der Waals surface area contributed by atoms with E-state index in [1.54, 1.807) is 24.3 Å². The van der Waals surface area contributed by atoms with Gasteiger partial charge in [-0.2, -0.15) is 5.10 Å². The fourth-order valence-electron chi connectivity index (χ4n) is 3.32. The minimum Gasteiger partial charge on any atom is -0.486 e. The maximum Gasteiger partial charge on any atom is 0.274 e. The average molecular weight is 393 g/mol. The third-order valence-corrected chi connectivity index (χ3v) is 4.86. The van der Waals surface area contributed by atoms with Gasteiger partial charge in [0.05, 0.1) is 11.9 Å². The molecule has 1 aromatic heterocycles. The van der Waals surface area contributed by atoms with Crippen LogP contribution in [0, 0.1) is 0 Å². The SMILES string of the molecule is CCCCn1nc(C(=O)NCC2COc3ccccc3O2)c2ccccc2c1=O. The van der Waals surface area contributed by atoms with Crippen molar-refractivity contribution in [1.29, 1.82) is 0 Å². The summed E-state index contributed by atoms with van der Waals surface area (Å²) in [5.41, 5.74) is 0.0691. The molecule has 1 amide bonds. The first-order chi connectivity index (χ1) is 14.2. The van der Waals surface area contributed by atoms with Gasteiger partial charge in [0.2, 0.25) is 0 Å². The van der Waals surface area contributed by atoms with Crippen LogP contribution in [0.15, 0.2) is 53.3 Å². The fourth-order valence-corrected chi connectivity index (χ4v) is 3.32. The Morgan fingerprint density at radius 3 is 2.66 bits per heavy atom. The van der Waals surface area contributed by atoms with E-state index in [4.69, 9.17) is 9.47 Å². The van der Waals surface area contributed by atoms with E-state index in [1.165, 1.54) is 4.68 Å². The van der Waals surface area contributed by atoms with Crippen molar-refractivity contribution in [1.82, 2.24) is 15.1 Å². The van der Waals surface area contributed by atoms with Crippen molar-refractivity contribution in [2.45, 2.75) is 32.4 Å². The van der Waals surface area contributed by atoms with Crippen LogP contribution >= 0.6 is 0 Å². The zero-order valence-electron chi connectivity index (χ0n) is 16.3. The molecule has 0 bridgehead atoms. The number of hydrogen-bond donors (Lipinski definition) is 1. The van der Waals surface area contributed by atoms with Crippen LogP contribution in [0.2, 0.25) is 0 Å². The number of benzene rings is 2. The van der Waals surface area contributed by atoms with Crippen LogP contribution in [0.5, 0.6) is 11.5 Å². The first kappa shape index (κ1) is 19.0. The van der Waals surface area contributed by atoms with E-state index < -0.39 is 0 Å². The maximum atomic E-state index is 12.9. The number of rotatable bonds is 6. The predicted octanol–water partition coefficient (Wildman–Crippen LogP) is 2.77. The van der Waals surface area contributed by atoms with E-state index in [-0.39, 0.29) is 29.8 Å². The third kappa shape index (κ3) is 3.94. The summed E-state index contributed by atoms with van der Waals surface area (Å²) in [6.07, 6.45) is 1.45. The maximum absolute atomic E-state index is 12.9. The van der Waals surface area contributed by atoms with Gasteiger partial charge in [0.1, 0.15) is 12.7 Å². The van der Waals surface area contributed by atoms with E-state index in [1.807, 2.05) is 31.2 Å².